The van der Waals surface area contributed by atoms with E-state index < -0.39 is 34.7 Å². The highest BCUT2D eigenvalue weighted by molar-refractivity contribution is 7.85. The highest BCUT2D eigenvalue weighted by atomic mass is 32.2. The number of hydrogen-bond acceptors (Lipinski definition) is 6. The number of rotatable bonds is 5. The average Bonchev–Trinajstić information content (AvgIpc) is 3.03. The number of esters is 1. The van der Waals surface area contributed by atoms with Crippen molar-refractivity contribution in [2.75, 3.05) is 17.5 Å². The zero-order chi connectivity index (χ0) is 26.0. The molecule has 2 aromatic carbocycles. The van der Waals surface area contributed by atoms with Gasteiger partial charge in [0, 0.05) is 23.6 Å². The molecule has 0 bridgehead atoms. The minimum Gasteiger partial charge on any atom is -0.462 e. The van der Waals surface area contributed by atoms with Crippen molar-refractivity contribution in [3.63, 3.8) is 0 Å². The summed E-state index contributed by atoms with van der Waals surface area (Å²) in [7, 11) is 0. The number of hydrogen-bond donors (Lipinski definition) is 1. The molecule has 192 valence electrons. The Morgan fingerprint density at radius 3 is 2.56 bits per heavy atom. The lowest BCUT2D eigenvalue weighted by Gasteiger charge is -2.25. The van der Waals surface area contributed by atoms with Crippen molar-refractivity contribution in [2.45, 2.75) is 52.6 Å². The van der Waals surface area contributed by atoms with Crippen LogP contribution >= 0.6 is 0 Å². The number of aryl methyl sites for hydroxylation is 1. The van der Waals surface area contributed by atoms with E-state index in [4.69, 9.17) is 13.9 Å². The van der Waals surface area contributed by atoms with Crippen LogP contribution in [0.15, 0.2) is 40.8 Å². The van der Waals surface area contributed by atoms with E-state index >= 15 is 0 Å². The van der Waals surface area contributed by atoms with Gasteiger partial charge in [-0.25, -0.2) is 22.9 Å². The van der Waals surface area contributed by atoms with Gasteiger partial charge in [0.25, 0.3) is 0 Å². The fourth-order valence-corrected chi connectivity index (χ4v) is 5.05. The molecule has 10 heteroatoms. The van der Waals surface area contributed by atoms with Gasteiger partial charge in [-0.3, -0.25) is 4.31 Å². The molecule has 0 radical (unpaired) electrons. The summed E-state index contributed by atoms with van der Waals surface area (Å²) in [5.74, 6) is -0.686. The molecule has 2 heterocycles. The summed E-state index contributed by atoms with van der Waals surface area (Å²) in [4.78, 5) is 25.2. The maximum atomic E-state index is 13.5. The smallest absolute Gasteiger partial charge is 0.420 e. The first-order valence-electron chi connectivity index (χ1n) is 11.8. The molecule has 4 rings (SSSR count). The number of fused-ring (bicyclic) bond motifs is 2. The van der Waals surface area contributed by atoms with Crippen LogP contribution in [0.5, 0.6) is 0 Å². The molecule has 0 spiro atoms. The molecule has 1 aromatic heterocycles. The van der Waals surface area contributed by atoms with E-state index in [0.717, 1.165) is 18.4 Å². The molecule has 1 N–H and O–H groups in total. The lowest BCUT2D eigenvalue weighted by atomic mass is 10.0. The molecule has 0 aliphatic carbocycles. The zero-order valence-electron chi connectivity index (χ0n) is 20.7. The van der Waals surface area contributed by atoms with Gasteiger partial charge >= 0.3 is 12.1 Å². The normalized spacial score (nSPS) is 14.6. The van der Waals surface area contributed by atoms with E-state index in [2.05, 4.69) is 4.72 Å². The van der Waals surface area contributed by atoms with Crippen LogP contribution in [0.4, 0.5) is 14.9 Å². The van der Waals surface area contributed by atoms with E-state index in [9.17, 15) is 18.2 Å². The molecule has 36 heavy (non-hydrogen) atoms. The summed E-state index contributed by atoms with van der Waals surface area (Å²) < 4.78 is 47.3. The second kappa shape index (κ2) is 10.3. The van der Waals surface area contributed by atoms with Gasteiger partial charge in [0.1, 0.15) is 28.3 Å². The summed E-state index contributed by atoms with van der Waals surface area (Å²) in [5.41, 5.74) is 1.92. The van der Waals surface area contributed by atoms with Gasteiger partial charge in [-0.05, 0) is 82.9 Å². The van der Waals surface area contributed by atoms with Gasteiger partial charge in [0.05, 0.1) is 12.3 Å². The van der Waals surface area contributed by atoms with Gasteiger partial charge < -0.3 is 13.9 Å². The third kappa shape index (κ3) is 5.53. The van der Waals surface area contributed by atoms with E-state index in [1.54, 1.807) is 38.1 Å². The van der Waals surface area contributed by atoms with Crippen LogP contribution in [-0.4, -0.2) is 35.0 Å². The van der Waals surface area contributed by atoms with Crippen molar-refractivity contribution in [3.05, 3.63) is 53.3 Å². The summed E-state index contributed by atoms with van der Waals surface area (Å²) in [6.45, 7) is 7.52. The van der Waals surface area contributed by atoms with Gasteiger partial charge in [-0.1, -0.05) is 0 Å². The van der Waals surface area contributed by atoms with Crippen LogP contribution in [0.2, 0.25) is 0 Å². The Labute approximate surface area is 211 Å². The summed E-state index contributed by atoms with van der Waals surface area (Å²) in [5, 5.41) is 0.555. The number of halogens is 1. The van der Waals surface area contributed by atoms with E-state index in [0.29, 0.717) is 35.2 Å². The first kappa shape index (κ1) is 25.7. The molecule has 3 aromatic rings. The number of amides is 1. The highest BCUT2D eigenvalue weighted by Crippen LogP contribution is 2.39. The Kier molecular flexibility index (Phi) is 7.35. The highest BCUT2D eigenvalue weighted by Gasteiger charge is 2.29. The number of benzene rings is 2. The minimum atomic E-state index is -1.90. The zero-order valence-corrected chi connectivity index (χ0v) is 21.5. The second-order valence-corrected chi connectivity index (χ2v) is 10.6. The van der Waals surface area contributed by atoms with Crippen LogP contribution in [-0.2, 0) is 27.1 Å². The van der Waals surface area contributed by atoms with E-state index in [1.165, 1.54) is 24.3 Å². The number of anilines is 1. The maximum Gasteiger partial charge on any atom is 0.420 e. The van der Waals surface area contributed by atoms with Gasteiger partial charge in [0.15, 0.2) is 0 Å². The van der Waals surface area contributed by atoms with Crippen molar-refractivity contribution < 1.29 is 32.1 Å². The number of carbonyl (C=O) groups excluding carboxylic acids is 2. The van der Waals surface area contributed by atoms with Crippen molar-refractivity contribution in [1.29, 1.82) is 0 Å². The summed E-state index contributed by atoms with van der Waals surface area (Å²) in [6, 6.07) is 9.22. The van der Waals surface area contributed by atoms with Crippen molar-refractivity contribution in [3.8, 4) is 11.3 Å². The third-order valence-electron chi connectivity index (χ3n) is 5.57. The molecular formula is C26H29FN2O6S. The molecule has 1 atom stereocenters. The number of carbonyl (C=O) groups is 2. The third-order valence-corrected chi connectivity index (χ3v) is 6.69. The predicted octanol–water partition coefficient (Wildman–Crippen LogP) is 5.66. The molecule has 8 nitrogen and oxygen atoms in total. The fourth-order valence-electron chi connectivity index (χ4n) is 4.11. The van der Waals surface area contributed by atoms with Crippen LogP contribution in [0.3, 0.4) is 0 Å². The standard InChI is InChI=1S/C26H29FN2O6S/c1-5-33-24(30)22-19-14-17-8-6-7-13-29(36(32)28-25(31)35-26(2,3)4)20(17)15-21(19)34-23(22)16-9-11-18(27)12-10-16/h9-12,14-15H,5-8,13H2,1-4H3,(H,28,31). The Morgan fingerprint density at radius 1 is 1.17 bits per heavy atom. The predicted molar refractivity (Wildman–Crippen MR) is 135 cm³/mol. The van der Waals surface area contributed by atoms with Crippen LogP contribution < -0.4 is 9.03 Å². The van der Waals surface area contributed by atoms with Crippen molar-refractivity contribution in [2.24, 2.45) is 0 Å². The van der Waals surface area contributed by atoms with Gasteiger partial charge in [0.2, 0.25) is 11.2 Å². The molecule has 1 unspecified atom stereocenters. The summed E-state index contributed by atoms with van der Waals surface area (Å²) in [6.07, 6.45) is 1.48. The number of furan rings is 1. The molecular weight excluding hydrogens is 487 g/mol. The molecule has 0 saturated carbocycles. The molecule has 1 aliphatic heterocycles. The second-order valence-electron chi connectivity index (χ2n) is 9.42. The summed E-state index contributed by atoms with van der Waals surface area (Å²) >= 11 is -1.90. The van der Waals surface area contributed by atoms with Gasteiger partial charge in [-0.15, -0.1) is 0 Å². The first-order valence-corrected chi connectivity index (χ1v) is 12.9. The number of nitrogens with zero attached hydrogens (tertiary/aromatic N) is 1. The molecule has 0 fully saturated rings. The lowest BCUT2D eigenvalue weighted by molar-refractivity contribution is 0.0526. The molecule has 1 amide bonds. The first-order chi connectivity index (χ1) is 17.1. The lowest BCUT2D eigenvalue weighted by Crippen LogP contribution is -2.41. The topological polar surface area (TPSA) is 98.1 Å². The Hall–Kier alpha value is -3.40. The monoisotopic (exact) mass is 516 g/mol. The molecule has 1 aliphatic rings. The van der Waals surface area contributed by atoms with Crippen molar-refractivity contribution >= 4 is 39.9 Å². The van der Waals surface area contributed by atoms with Crippen molar-refractivity contribution in [1.82, 2.24) is 4.72 Å². The molecule has 0 saturated heterocycles. The quantitative estimate of drug-likeness (QED) is 0.440. The van der Waals surface area contributed by atoms with E-state index in [1.807, 2.05) is 6.07 Å². The van der Waals surface area contributed by atoms with Gasteiger partial charge in [-0.2, -0.15) is 0 Å². The fraction of sp³-hybridized carbons (Fsp3) is 0.385. The number of nitrogens with one attached hydrogen (secondary N) is 1. The maximum absolute atomic E-state index is 13.5. The Balaban J connectivity index is 1.79. The van der Waals surface area contributed by atoms with Crippen LogP contribution in [0.1, 0.15) is 56.5 Å². The van der Waals surface area contributed by atoms with Crippen LogP contribution in [0, 0.1) is 5.82 Å². The Bertz CT molecular complexity index is 1310. The average molecular weight is 517 g/mol. The largest absolute Gasteiger partial charge is 0.462 e. The SMILES string of the molecule is CCOC(=O)c1c(-c2ccc(F)cc2)oc2cc3c(cc12)CCCCN3S(=O)NC(=O)OC(C)(C)C. The Morgan fingerprint density at radius 2 is 1.89 bits per heavy atom. The number of ether oxygens (including phenoxy) is 2. The van der Waals surface area contributed by atoms with E-state index in [-0.39, 0.29) is 17.9 Å². The minimum absolute atomic E-state index is 0.183. The van der Waals surface area contributed by atoms with Crippen LogP contribution in [0.25, 0.3) is 22.3 Å².